The lowest BCUT2D eigenvalue weighted by Crippen LogP contribution is -2.15. The molecule has 26 heavy (non-hydrogen) atoms. The highest BCUT2D eigenvalue weighted by molar-refractivity contribution is 7.10. The zero-order valence-corrected chi connectivity index (χ0v) is 14.9. The maximum Gasteiger partial charge on any atom is 0.338 e. The van der Waals surface area contributed by atoms with E-state index < -0.39 is 0 Å². The van der Waals surface area contributed by atoms with Crippen LogP contribution in [0.2, 0.25) is 0 Å². The molecular formula is C19H16N2O4S. The van der Waals surface area contributed by atoms with Crippen molar-refractivity contribution in [3.05, 3.63) is 57.4 Å². The van der Waals surface area contributed by atoms with E-state index in [-0.39, 0.29) is 11.9 Å². The number of benzene rings is 1. The molecular weight excluding hydrogens is 352 g/mol. The van der Waals surface area contributed by atoms with Crippen molar-refractivity contribution in [2.45, 2.75) is 19.8 Å². The molecule has 1 amide bonds. The SMILES string of the molecule is CCOC(=O)c1ccc(NC(=O)c2noc3c2CCc2sccc2-3)cc1. The number of nitrogens with zero attached hydrogens (tertiary/aromatic N) is 1. The van der Waals surface area contributed by atoms with Gasteiger partial charge >= 0.3 is 5.97 Å². The van der Waals surface area contributed by atoms with Crippen LogP contribution in [0.4, 0.5) is 5.69 Å². The highest BCUT2D eigenvalue weighted by atomic mass is 32.1. The molecule has 0 aliphatic heterocycles. The molecule has 0 atom stereocenters. The molecule has 0 bridgehead atoms. The van der Waals surface area contributed by atoms with Gasteiger partial charge in [0, 0.05) is 21.7 Å². The quantitative estimate of drug-likeness (QED) is 0.706. The molecule has 1 aliphatic carbocycles. The third kappa shape index (κ3) is 2.90. The van der Waals surface area contributed by atoms with Crippen molar-refractivity contribution in [3.63, 3.8) is 0 Å². The van der Waals surface area contributed by atoms with E-state index in [1.807, 2.05) is 11.4 Å². The smallest absolute Gasteiger partial charge is 0.338 e. The predicted molar refractivity (Wildman–Crippen MR) is 97.6 cm³/mol. The summed E-state index contributed by atoms with van der Waals surface area (Å²) in [5.41, 5.74) is 3.20. The Balaban J connectivity index is 1.52. The van der Waals surface area contributed by atoms with Crippen molar-refractivity contribution < 1.29 is 18.8 Å². The number of hydrogen-bond donors (Lipinski definition) is 1. The van der Waals surface area contributed by atoms with Gasteiger partial charge in [-0.1, -0.05) is 5.16 Å². The van der Waals surface area contributed by atoms with Gasteiger partial charge in [0.15, 0.2) is 11.5 Å². The van der Waals surface area contributed by atoms with Crippen molar-refractivity contribution in [2.75, 3.05) is 11.9 Å². The average Bonchev–Trinajstić information content (AvgIpc) is 3.28. The van der Waals surface area contributed by atoms with E-state index in [0.29, 0.717) is 29.3 Å². The molecule has 2 heterocycles. The fourth-order valence-electron chi connectivity index (χ4n) is 3.00. The van der Waals surface area contributed by atoms with Gasteiger partial charge in [-0.15, -0.1) is 11.3 Å². The second-order valence-electron chi connectivity index (χ2n) is 5.85. The van der Waals surface area contributed by atoms with Crippen LogP contribution in [0.3, 0.4) is 0 Å². The van der Waals surface area contributed by atoms with Crippen LogP contribution >= 0.6 is 11.3 Å². The number of aryl methyl sites for hydroxylation is 1. The van der Waals surface area contributed by atoms with Crippen LogP contribution in [0.1, 0.15) is 38.2 Å². The van der Waals surface area contributed by atoms with Crippen LogP contribution in [-0.4, -0.2) is 23.6 Å². The van der Waals surface area contributed by atoms with Crippen molar-refractivity contribution in [1.82, 2.24) is 5.16 Å². The molecule has 3 aromatic rings. The number of thiophene rings is 1. The minimum Gasteiger partial charge on any atom is -0.462 e. The van der Waals surface area contributed by atoms with E-state index in [9.17, 15) is 9.59 Å². The number of rotatable bonds is 4. The molecule has 1 aromatic carbocycles. The summed E-state index contributed by atoms with van der Waals surface area (Å²) in [5, 5.41) is 8.81. The van der Waals surface area contributed by atoms with Gasteiger partial charge in [0.2, 0.25) is 0 Å². The summed E-state index contributed by atoms with van der Waals surface area (Å²) in [6.45, 7) is 2.07. The Morgan fingerprint density at radius 1 is 1.23 bits per heavy atom. The van der Waals surface area contributed by atoms with Crippen LogP contribution in [0, 0.1) is 0 Å². The van der Waals surface area contributed by atoms with Crippen LogP contribution in [0.15, 0.2) is 40.2 Å². The first-order valence-electron chi connectivity index (χ1n) is 8.31. The highest BCUT2D eigenvalue weighted by Gasteiger charge is 2.28. The van der Waals surface area contributed by atoms with Crippen molar-refractivity contribution in [2.24, 2.45) is 0 Å². The van der Waals surface area contributed by atoms with Gasteiger partial charge in [-0.2, -0.15) is 0 Å². The molecule has 1 aliphatic rings. The number of ether oxygens (including phenoxy) is 1. The normalized spacial score (nSPS) is 12.2. The molecule has 0 radical (unpaired) electrons. The first-order chi connectivity index (χ1) is 12.7. The summed E-state index contributed by atoms with van der Waals surface area (Å²) in [6, 6.07) is 8.55. The Morgan fingerprint density at radius 3 is 2.81 bits per heavy atom. The Morgan fingerprint density at radius 2 is 2.04 bits per heavy atom. The standard InChI is InChI=1S/C19H16N2O4S/c1-2-24-19(23)11-3-5-12(6-4-11)20-18(22)16-14-7-8-15-13(9-10-26-15)17(14)25-21-16/h3-6,9-10H,2,7-8H2,1H3,(H,20,22). The number of fused-ring (bicyclic) bond motifs is 3. The molecule has 132 valence electrons. The van der Waals surface area contributed by atoms with Crippen molar-refractivity contribution >= 4 is 28.9 Å². The Kier molecular flexibility index (Phi) is 4.30. The largest absolute Gasteiger partial charge is 0.462 e. The molecule has 4 rings (SSSR count). The third-order valence-electron chi connectivity index (χ3n) is 4.25. The van der Waals surface area contributed by atoms with Crippen molar-refractivity contribution in [3.8, 4) is 11.3 Å². The van der Waals surface area contributed by atoms with Crippen LogP contribution in [0.5, 0.6) is 0 Å². The summed E-state index contributed by atoms with van der Waals surface area (Å²) in [4.78, 5) is 25.5. The van der Waals surface area contributed by atoms with Gasteiger partial charge < -0.3 is 14.6 Å². The lowest BCUT2D eigenvalue weighted by atomic mass is 9.95. The Labute approximate surface area is 153 Å². The molecule has 6 nitrogen and oxygen atoms in total. The van der Waals surface area contributed by atoms with Crippen LogP contribution in [-0.2, 0) is 17.6 Å². The minimum atomic E-state index is -0.387. The number of carbonyl (C=O) groups excluding carboxylic acids is 2. The summed E-state index contributed by atoms with van der Waals surface area (Å²) in [6.07, 6.45) is 1.62. The van der Waals surface area contributed by atoms with Gasteiger partial charge in [-0.3, -0.25) is 4.79 Å². The summed E-state index contributed by atoms with van der Waals surface area (Å²) in [7, 11) is 0. The van der Waals surface area contributed by atoms with E-state index in [1.54, 1.807) is 42.5 Å². The van der Waals surface area contributed by atoms with E-state index in [0.717, 1.165) is 24.0 Å². The molecule has 0 saturated carbocycles. The number of carbonyl (C=O) groups is 2. The van der Waals surface area contributed by atoms with E-state index >= 15 is 0 Å². The second kappa shape index (κ2) is 6.76. The summed E-state index contributed by atoms with van der Waals surface area (Å²) in [5.74, 6) is -0.0182. The first-order valence-corrected chi connectivity index (χ1v) is 9.19. The monoisotopic (exact) mass is 368 g/mol. The van der Waals surface area contributed by atoms with Crippen LogP contribution < -0.4 is 5.32 Å². The zero-order valence-electron chi connectivity index (χ0n) is 14.1. The summed E-state index contributed by atoms with van der Waals surface area (Å²) < 4.78 is 10.4. The van der Waals surface area contributed by atoms with E-state index in [2.05, 4.69) is 10.5 Å². The number of amides is 1. The third-order valence-corrected chi connectivity index (χ3v) is 5.23. The average molecular weight is 368 g/mol. The maximum atomic E-state index is 12.6. The zero-order chi connectivity index (χ0) is 18.1. The molecule has 2 aromatic heterocycles. The number of esters is 1. The number of anilines is 1. The highest BCUT2D eigenvalue weighted by Crippen LogP contribution is 2.38. The number of nitrogens with one attached hydrogen (secondary N) is 1. The maximum absolute atomic E-state index is 12.6. The minimum absolute atomic E-state index is 0.311. The first kappa shape index (κ1) is 16.5. The van der Waals surface area contributed by atoms with Gasteiger partial charge in [0.05, 0.1) is 12.2 Å². The molecule has 1 N–H and O–H groups in total. The number of aromatic nitrogens is 1. The van der Waals surface area contributed by atoms with Gasteiger partial charge in [-0.25, -0.2) is 4.79 Å². The van der Waals surface area contributed by atoms with Gasteiger partial charge in [-0.05, 0) is 55.5 Å². The number of hydrogen-bond acceptors (Lipinski definition) is 6. The molecule has 0 spiro atoms. The summed E-state index contributed by atoms with van der Waals surface area (Å²) >= 11 is 1.69. The van der Waals surface area contributed by atoms with Gasteiger partial charge in [0.25, 0.3) is 5.91 Å². The Hall–Kier alpha value is -2.93. The van der Waals surface area contributed by atoms with E-state index in [4.69, 9.17) is 9.26 Å². The lowest BCUT2D eigenvalue weighted by Gasteiger charge is -2.10. The fourth-order valence-corrected chi connectivity index (χ4v) is 3.88. The molecule has 0 fully saturated rings. The van der Waals surface area contributed by atoms with Crippen LogP contribution in [0.25, 0.3) is 11.3 Å². The predicted octanol–water partition coefficient (Wildman–Crippen LogP) is 3.93. The Bertz CT molecular complexity index is 972. The second-order valence-corrected chi connectivity index (χ2v) is 6.85. The lowest BCUT2D eigenvalue weighted by molar-refractivity contribution is 0.0526. The van der Waals surface area contributed by atoms with Crippen molar-refractivity contribution in [1.29, 1.82) is 0 Å². The molecule has 7 heteroatoms. The van der Waals surface area contributed by atoms with Gasteiger partial charge in [0.1, 0.15) is 0 Å². The topological polar surface area (TPSA) is 81.4 Å². The fraction of sp³-hybridized carbons (Fsp3) is 0.211. The molecule has 0 unspecified atom stereocenters. The molecule has 0 saturated heterocycles. The van der Waals surface area contributed by atoms with E-state index in [1.165, 1.54) is 4.88 Å².